The lowest BCUT2D eigenvalue weighted by molar-refractivity contribution is -0.138. The number of aromatic nitrogens is 1. The first-order valence-electron chi connectivity index (χ1n) is 10.8. The molecule has 1 aromatic carbocycles. The van der Waals surface area contributed by atoms with Gasteiger partial charge in [-0.25, -0.2) is 9.78 Å². The van der Waals surface area contributed by atoms with Crippen LogP contribution in [0.15, 0.2) is 42.6 Å². The van der Waals surface area contributed by atoms with Crippen molar-refractivity contribution in [3.63, 3.8) is 0 Å². The number of alkyl halides is 3. The van der Waals surface area contributed by atoms with Crippen LogP contribution in [0.4, 0.5) is 23.8 Å². The van der Waals surface area contributed by atoms with Crippen LogP contribution in [0.5, 0.6) is 0 Å². The van der Waals surface area contributed by atoms with E-state index < -0.39 is 17.7 Å². The Morgan fingerprint density at radius 2 is 1.88 bits per heavy atom. The molecule has 1 atom stereocenters. The Labute approximate surface area is 190 Å². The van der Waals surface area contributed by atoms with Crippen LogP contribution in [-0.4, -0.2) is 46.6 Å². The lowest BCUT2D eigenvalue weighted by atomic mass is 9.90. The van der Waals surface area contributed by atoms with Gasteiger partial charge in [0, 0.05) is 32.4 Å². The SMILES string of the molecule is O=C(O)CC1CCN(C(=O)NCCCCNc2ccc(C(F)(F)F)cn2)Cc2ccccc21. The number of rotatable bonds is 8. The maximum absolute atomic E-state index is 12.6. The summed E-state index contributed by atoms with van der Waals surface area (Å²) in [6.45, 7) is 1.87. The molecule has 0 saturated heterocycles. The molecule has 0 aliphatic carbocycles. The number of carboxylic acid groups (broad SMARTS) is 1. The second kappa shape index (κ2) is 11.0. The van der Waals surface area contributed by atoms with Crippen molar-refractivity contribution in [3.05, 3.63) is 59.3 Å². The van der Waals surface area contributed by atoms with Crippen LogP contribution in [-0.2, 0) is 17.5 Å². The number of hydrogen-bond acceptors (Lipinski definition) is 4. The Hall–Kier alpha value is -3.30. The number of nitrogens with zero attached hydrogens (tertiary/aromatic N) is 2. The molecular formula is C23H27F3N4O3. The van der Waals surface area contributed by atoms with Crippen LogP contribution in [0.25, 0.3) is 0 Å². The molecule has 33 heavy (non-hydrogen) atoms. The maximum Gasteiger partial charge on any atom is 0.417 e. The van der Waals surface area contributed by atoms with E-state index in [4.69, 9.17) is 0 Å². The lowest BCUT2D eigenvalue weighted by Crippen LogP contribution is -2.40. The first-order valence-corrected chi connectivity index (χ1v) is 10.8. The number of carbonyl (C=O) groups excluding carboxylic acids is 1. The van der Waals surface area contributed by atoms with E-state index in [1.165, 1.54) is 6.07 Å². The predicted octanol–water partition coefficient (Wildman–Crippen LogP) is 4.47. The number of aliphatic carboxylic acids is 1. The maximum atomic E-state index is 12.6. The summed E-state index contributed by atoms with van der Waals surface area (Å²) in [5.74, 6) is -0.611. The zero-order chi connectivity index (χ0) is 23.8. The second-order valence-electron chi connectivity index (χ2n) is 8.00. The van der Waals surface area contributed by atoms with Crippen LogP contribution >= 0.6 is 0 Å². The third-order valence-electron chi connectivity index (χ3n) is 5.59. The number of fused-ring (bicyclic) bond motifs is 1. The van der Waals surface area contributed by atoms with Crippen molar-refractivity contribution in [2.24, 2.45) is 0 Å². The highest BCUT2D eigenvalue weighted by molar-refractivity contribution is 5.74. The largest absolute Gasteiger partial charge is 0.481 e. The standard InChI is InChI=1S/C23H27F3N4O3/c24-23(25,26)18-7-8-20(29-14-18)27-10-3-4-11-28-22(33)30-12-9-16(13-21(31)32)19-6-2-1-5-17(19)15-30/h1-2,5-8,14,16H,3-4,9-13,15H2,(H,27,29)(H,28,33)(H,31,32). The highest BCUT2D eigenvalue weighted by atomic mass is 19.4. The molecule has 2 heterocycles. The summed E-state index contributed by atoms with van der Waals surface area (Å²) in [6, 6.07) is 9.71. The van der Waals surface area contributed by atoms with Gasteiger partial charge in [-0.2, -0.15) is 13.2 Å². The lowest BCUT2D eigenvalue weighted by Gasteiger charge is -2.21. The quantitative estimate of drug-likeness (QED) is 0.502. The van der Waals surface area contributed by atoms with Gasteiger partial charge < -0.3 is 20.6 Å². The minimum atomic E-state index is -4.41. The minimum Gasteiger partial charge on any atom is -0.481 e. The number of halogens is 3. The van der Waals surface area contributed by atoms with Crippen LogP contribution < -0.4 is 10.6 Å². The number of hydrogen-bond donors (Lipinski definition) is 3. The molecular weight excluding hydrogens is 437 g/mol. The molecule has 0 fully saturated rings. The minimum absolute atomic E-state index is 0.0350. The fourth-order valence-corrected chi connectivity index (χ4v) is 3.86. The summed E-state index contributed by atoms with van der Waals surface area (Å²) < 4.78 is 37.7. The first kappa shape index (κ1) is 24.3. The topological polar surface area (TPSA) is 94.6 Å². The molecule has 0 radical (unpaired) electrons. The fourth-order valence-electron chi connectivity index (χ4n) is 3.86. The van der Waals surface area contributed by atoms with E-state index in [0.717, 1.165) is 23.4 Å². The van der Waals surface area contributed by atoms with Crippen molar-refractivity contribution in [2.45, 2.75) is 44.3 Å². The molecule has 7 nitrogen and oxygen atoms in total. The van der Waals surface area contributed by atoms with Gasteiger partial charge in [0.25, 0.3) is 0 Å². The fraction of sp³-hybridized carbons (Fsp3) is 0.435. The van der Waals surface area contributed by atoms with Gasteiger partial charge in [-0.05, 0) is 48.4 Å². The average molecular weight is 464 g/mol. The molecule has 1 unspecified atom stereocenters. The molecule has 1 aromatic heterocycles. The Balaban J connectivity index is 1.41. The molecule has 178 valence electrons. The summed E-state index contributed by atoms with van der Waals surface area (Å²) in [5, 5.41) is 15.1. The van der Waals surface area contributed by atoms with Crippen LogP contribution in [0, 0.1) is 0 Å². The number of anilines is 1. The van der Waals surface area contributed by atoms with E-state index in [1.54, 1.807) is 4.90 Å². The number of amides is 2. The second-order valence-corrected chi connectivity index (χ2v) is 8.00. The highest BCUT2D eigenvalue weighted by Gasteiger charge is 2.30. The molecule has 0 bridgehead atoms. The number of carbonyl (C=O) groups is 2. The summed E-state index contributed by atoms with van der Waals surface area (Å²) in [6.07, 6.45) is -1.61. The van der Waals surface area contributed by atoms with Crippen molar-refractivity contribution in [3.8, 4) is 0 Å². The summed E-state index contributed by atoms with van der Waals surface area (Å²) in [4.78, 5) is 29.3. The third kappa shape index (κ3) is 7.10. The molecule has 10 heteroatoms. The van der Waals surface area contributed by atoms with E-state index in [1.807, 2.05) is 24.3 Å². The van der Waals surface area contributed by atoms with Gasteiger partial charge in [-0.15, -0.1) is 0 Å². The van der Waals surface area contributed by atoms with Gasteiger partial charge in [0.1, 0.15) is 5.82 Å². The molecule has 1 aliphatic rings. The van der Waals surface area contributed by atoms with Crippen molar-refractivity contribution in [1.29, 1.82) is 0 Å². The molecule has 1 aliphatic heterocycles. The molecule has 3 N–H and O–H groups in total. The van der Waals surface area contributed by atoms with Gasteiger partial charge in [0.15, 0.2) is 0 Å². The molecule has 2 amide bonds. The Kier molecular flexibility index (Phi) is 8.13. The summed E-state index contributed by atoms with van der Waals surface area (Å²) in [7, 11) is 0. The van der Waals surface area contributed by atoms with Crippen molar-refractivity contribution >= 4 is 17.8 Å². The van der Waals surface area contributed by atoms with Gasteiger partial charge in [0.05, 0.1) is 12.0 Å². The zero-order valence-electron chi connectivity index (χ0n) is 18.1. The number of carboxylic acids is 1. The van der Waals surface area contributed by atoms with E-state index in [2.05, 4.69) is 15.6 Å². The number of benzene rings is 1. The zero-order valence-corrected chi connectivity index (χ0v) is 18.1. The summed E-state index contributed by atoms with van der Waals surface area (Å²) >= 11 is 0. The van der Waals surface area contributed by atoms with Crippen molar-refractivity contribution < 1.29 is 27.9 Å². The van der Waals surface area contributed by atoms with Gasteiger partial charge in [0.2, 0.25) is 0 Å². The molecule has 0 saturated carbocycles. The number of nitrogens with one attached hydrogen (secondary N) is 2. The molecule has 2 aromatic rings. The van der Waals surface area contributed by atoms with Crippen LogP contribution in [0.2, 0.25) is 0 Å². The molecule has 0 spiro atoms. The highest BCUT2D eigenvalue weighted by Crippen LogP contribution is 2.31. The monoisotopic (exact) mass is 464 g/mol. The number of unbranched alkanes of at least 4 members (excludes halogenated alkanes) is 1. The number of urea groups is 1. The van der Waals surface area contributed by atoms with E-state index >= 15 is 0 Å². The van der Waals surface area contributed by atoms with E-state index in [-0.39, 0.29) is 18.4 Å². The third-order valence-corrected chi connectivity index (χ3v) is 5.59. The smallest absolute Gasteiger partial charge is 0.417 e. The van der Waals surface area contributed by atoms with E-state index in [9.17, 15) is 27.9 Å². The van der Waals surface area contributed by atoms with Crippen molar-refractivity contribution in [2.75, 3.05) is 25.0 Å². The normalized spacial score (nSPS) is 16.0. The van der Waals surface area contributed by atoms with Gasteiger partial charge in [-0.1, -0.05) is 24.3 Å². The first-order chi connectivity index (χ1) is 15.7. The predicted molar refractivity (Wildman–Crippen MR) is 117 cm³/mol. The average Bonchev–Trinajstić information content (AvgIpc) is 2.95. The van der Waals surface area contributed by atoms with Crippen LogP contribution in [0.1, 0.15) is 48.3 Å². The van der Waals surface area contributed by atoms with Gasteiger partial charge in [-0.3, -0.25) is 4.79 Å². The summed E-state index contributed by atoms with van der Waals surface area (Å²) in [5.41, 5.74) is 1.16. The van der Waals surface area contributed by atoms with Crippen molar-refractivity contribution in [1.82, 2.24) is 15.2 Å². The van der Waals surface area contributed by atoms with E-state index in [0.29, 0.717) is 51.3 Å². The number of pyridine rings is 1. The Morgan fingerprint density at radius 3 is 2.58 bits per heavy atom. The van der Waals surface area contributed by atoms with Crippen LogP contribution in [0.3, 0.4) is 0 Å². The molecule has 3 rings (SSSR count). The Bertz CT molecular complexity index is 951. The van der Waals surface area contributed by atoms with Gasteiger partial charge >= 0.3 is 18.2 Å². The Morgan fingerprint density at radius 1 is 1.12 bits per heavy atom.